The molecule has 2 aliphatic rings. The van der Waals surface area contributed by atoms with Crippen molar-refractivity contribution in [2.45, 2.75) is 44.7 Å². The Morgan fingerprint density at radius 2 is 2.19 bits per heavy atom. The number of piperidine rings is 2. The molecule has 3 unspecified atom stereocenters. The van der Waals surface area contributed by atoms with Crippen LogP contribution in [0.25, 0.3) is 0 Å². The molecule has 2 rings (SSSR count). The molecule has 2 saturated heterocycles. The number of hydrogen-bond donors (Lipinski definition) is 2. The maximum atomic E-state index is 11.3. The van der Waals surface area contributed by atoms with Gasteiger partial charge in [-0.15, -0.1) is 0 Å². The molecule has 2 heterocycles. The van der Waals surface area contributed by atoms with Crippen LogP contribution in [0.4, 0.5) is 0 Å². The maximum Gasteiger partial charge on any atom is 0.221 e. The number of carbonyl (C=O) groups is 1. The Labute approximate surface area is 97.6 Å². The van der Waals surface area contributed by atoms with Crippen molar-refractivity contribution in [3.05, 3.63) is 0 Å². The van der Waals surface area contributed by atoms with Crippen molar-refractivity contribution in [1.29, 1.82) is 0 Å². The summed E-state index contributed by atoms with van der Waals surface area (Å²) in [5.74, 6) is -0.0567. The van der Waals surface area contributed by atoms with E-state index in [0.29, 0.717) is 12.1 Å². The van der Waals surface area contributed by atoms with Gasteiger partial charge in [0.25, 0.3) is 0 Å². The van der Waals surface area contributed by atoms with E-state index in [4.69, 9.17) is 5.73 Å². The number of likely N-dealkylation sites (tertiary alicyclic amines) is 1. The molecule has 0 aromatic carbocycles. The summed E-state index contributed by atoms with van der Waals surface area (Å²) in [6.45, 7) is 5.34. The second-order valence-corrected chi connectivity index (χ2v) is 5.22. The maximum absolute atomic E-state index is 11.3. The summed E-state index contributed by atoms with van der Waals surface area (Å²) < 4.78 is 0. The first-order chi connectivity index (χ1) is 7.68. The number of primary amides is 1. The van der Waals surface area contributed by atoms with Crippen LogP contribution in [0.2, 0.25) is 0 Å². The average molecular weight is 225 g/mol. The summed E-state index contributed by atoms with van der Waals surface area (Å²) in [5.41, 5.74) is 5.42. The first kappa shape index (κ1) is 11.9. The average Bonchev–Trinajstić information content (AvgIpc) is 2.30. The minimum atomic E-state index is -0.124. The van der Waals surface area contributed by atoms with Crippen molar-refractivity contribution < 1.29 is 4.79 Å². The number of nitrogens with two attached hydrogens (primary N) is 1. The zero-order valence-electron chi connectivity index (χ0n) is 10.1. The van der Waals surface area contributed by atoms with E-state index in [-0.39, 0.29) is 11.8 Å². The van der Waals surface area contributed by atoms with Gasteiger partial charge in [0.05, 0.1) is 5.92 Å². The van der Waals surface area contributed by atoms with Gasteiger partial charge in [-0.3, -0.25) is 9.69 Å². The van der Waals surface area contributed by atoms with E-state index >= 15 is 0 Å². The molecular weight excluding hydrogens is 202 g/mol. The standard InChI is InChI=1S/C12H23N3O/c1-9-4-5-10(12(13)16)8-15(9)11-3-2-6-14-7-11/h9-11,14H,2-8H2,1H3,(H2,13,16). The normalized spacial score (nSPS) is 37.2. The van der Waals surface area contributed by atoms with E-state index in [0.717, 1.165) is 32.5 Å². The van der Waals surface area contributed by atoms with Crippen molar-refractivity contribution >= 4 is 5.91 Å². The molecule has 4 nitrogen and oxygen atoms in total. The van der Waals surface area contributed by atoms with Gasteiger partial charge in [0, 0.05) is 25.2 Å². The number of hydrogen-bond acceptors (Lipinski definition) is 3. The first-order valence-electron chi connectivity index (χ1n) is 6.44. The summed E-state index contributed by atoms with van der Waals surface area (Å²) in [5, 5.41) is 3.44. The van der Waals surface area contributed by atoms with Crippen molar-refractivity contribution in [2.24, 2.45) is 11.7 Å². The highest BCUT2D eigenvalue weighted by atomic mass is 16.1. The van der Waals surface area contributed by atoms with Crippen LogP contribution < -0.4 is 11.1 Å². The predicted octanol–water partition coefficient (Wildman–Crippen LogP) is 0.324. The summed E-state index contributed by atoms with van der Waals surface area (Å²) in [4.78, 5) is 13.8. The van der Waals surface area contributed by atoms with Gasteiger partial charge in [0.15, 0.2) is 0 Å². The number of amides is 1. The molecule has 16 heavy (non-hydrogen) atoms. The van der Waals surface area contributed by atoms with Crippen molar-refractivity contribution in [3.63, 3.8) is 0 Å². The Balaban J connectivity index is 1.97. The van der Waals surface area contributed by atoms with E-state index in [9.17, 15) is 4.79 Å². The van der Waals surface area contributed by atoms with Gasteiger partial charge in [0.2, 0.25) is 5.91 Å². The van der Waals surface area contributed by atoms with E-state index in [1.807, 2.05) is 0 Å². The van der Waals surface area contributed by atoms with Gasteiger partial charge in [-0.05, 0) is 39.2 Å². The van der Waals surface area contributed by atoms with Gasteiger partial charge in [0.1, 0.15) is 0 Å². The molecule has 0 aromatic heterocycles. The molecule has 2 aliphatic heterocycles. The van der Waals surface area contributed by atoms with Crippen LogP contribution in [0, 0.1) is 5.92 Å². The molecular formula is C12H23N3O. The van der Waals surface area contributed by atoms with Gasteiger partial charge < -0.3 is 11.1 Å². The zero-order valence-corrected chi connectivity index (χ0v) is 10.1. The highest BCUT2D eigenvalue weighted by Gasteiger charge is 2.33. The number of rotatable bonds is 2. The van der Waals surface area contributed by atoms with Crippen LogP contribution in [0.3, 0.4) is 0 Å². The van der Waals surface area contributed by atoms with Crippen LogP contribution in [0.15, 0.2) is 0 Å². The van der Waals surface area contributed by atoms with Crippen molar-refractivity contribution in [1.82, 2.24) is 10.2 Å². The quantitative estimate of drug-likeness (QED) is 0.712. The lowest BCUT2D eigenvalue weighted by molar-refractivity contribution is -0.124. The molecule has 3 atom stereocenters. The highest BCUT2D eigenvalue weighted by molar-refractivity contribution is 5.77. The molecule has 2 fully saturated rings. The topological polar surface area (TPSA) is 58.4 Å². The van der Waals surface area contributed by atoms with Gasteiger partial charge in [-0.2, -0.15) is 0 Å². The molecule has 0 saturated carbocycles. The first-order valence-corrected chi connectivity index (χ1v) is 6.44. The van der Waals surface area contributed by atoms with Crippen LogP contribution in [-0.4, -0.2) is 42.5 Å². The third-order valence-corrected chi connectivity index (χ3v) is 4.07. The Bertz CT molecular complexity index is 251. The van der Waals surface area contributed by atoms with Gasteiger partial charge >= 0.3 is 0 Å². The van der Waals surface area contributed by atoms with Crippen LogP contribution in [-0.2, 0) is 4.79 Å². The summed E-state index contributed by atoms with van der Waals surface area (Å²) in [6.07, 6.45) is 4.56. The Kier molecular flexibility index (Phi) is 3.82. The Hall–Kier alpha value is -0.610. The molecule has 1 amide bonds. The number of carbonyl (C=O) groups excluding carboxylic acids is 1. The lowest BCUT2D eigenvalue weighted by Gasteiger charge is -2.43. The summed E-state index contributed by atoms with van der Waals surface area (Å²) in [6, 6.07) is 1.20. The smallest absolute Gasteiger partial charge is 0.221 e. The molecule has 0 spiro atoms. The van der Waals surface area contributed by atoms with E-state index in [1.54, 1.807) is 0 Å². The fraction of sp³-hybridized carbons (Fsp3) is 0.917. The van der Waals surface area contributed by atoms with E-state index in [1.165, 1.54) is 12.8 Å². The third kappa shape index (κ3) is 2.55. The minimum Gasteiger partial charge on any atom is -0.369 e. The zero-order chi connectivity index (χ0) is 11.5. The lowest BCUT2D eigenvalue weighted by atomic mass is 9.90. The van der Waals surface area contributed by atoms with E-state index in [2.05, 4.69) is 17.1 Å². The molecule has 0 aromatic rings. The Morgan fingerprint density at radius 3 is 2.81 bits per heavy atom. The number of nitrogens with zero attached hydrogens (tertiary/aromatic N) is 1. The second-order valence-electron chi connectivity index (χ2n) is 5.22. The van der Waals surface area contributed by atoms with Gasteiger partial charge in [-0.25, -0.2) is 0 Å². The second kappa shape index (κ2) is 5.15. The van der Waals surface area contributed by atoms with Crippen molar-refractivity contribution in [3.8, 4) is 0 Å². The third-order valence-electron chi connectivity index (χ3n) is 4.07. The molecule has 3 N–H and O–H groups in total. The summed E-state index contributed by atoms with van der Waals surface area (Å²) >= 11 is 0. The molecule has 0 bridgehead atoms. The largest absolute Gasteiger partial charge is 0.369 e. The molecule has 92 valence electrons. The molecule has 4 heteroatoms. The molecule has 0 radical (unpaired) electrons. The van der Waals surface area contributed by atoms with E-state index < -0.39 is 0 Å². The van der Waals surface area contributed by atoms with Crippen molar-refractivity contribution in [2.75, 3.05) is 19.6 Å². The monoisotopic (exact) mass is 225 g/mol. The fourth-order valence-electron chi connectivity index (χ4n) is 2.99. The lowest BCUT2D eigenvalue weighted by Crippen LogP contribution is -2.54. The number of nitrogens with one attached hydrogen (secondary N) is 1. The predicted molar refractivity (Wildman–Crippen MR) is 64.0 cm³/mol. The fourth-order valence-corrected chi connectivity index (χ4v) is 2.99. The summed E-state index contributed by atoms with van der Waals surface area (Å²) in [7, 11) is 0. The van der Waals surface area contributed by atoms with Gasteiger partial charge in [-0.1, -0.05) is 0 Å². The van der Waals surface area contributed by atoms with Crippen LogP contribution >= 0.6 is 0 Å². The highest BCUT2D eigenvalue weighted by Crippen LogP contribution is 2.25. The minimum absolute atomic E-state index is 0.0677. The van der Waals surface area contributed by atoms with Crippen LogP contribution in [0.5, 0.6) is 0 Å². The molecule has 0 aliphatic carbocycles. The SMILES string of the molecule is CC1CCC(C(N)=O)CN1C1CCCNC1. The van der Waals surface area contributed by atoms with Crippen LogP contribution in [0.1, 0.15) is 32.6 Å². The Morgan fingerprint density at radius 1 is 1.38 bits per heavy atom.